The van der Waals surface area contributed by atoms with E-state index in [9.17, 15) is 5.11 Å². The van der Waals surface area contributed by atoms with Gasteiger partial charge >= 0.3 is 0 Å². The number of nitrogen functional groups attached to an aromatic ring is 1. The minimum Gasteiger partial charge on any atom is -0.489 e. The molecule has 0 aliphatic carbocycles. The summed E-state index contributed by atoms with van der Waals surface area (Å²) in [5.41, 5.74) is 8.57. The zero-order valence-electron chi connectivity index (χ0n) is 18.1. The van der Waals surface area contributed by atoms with E-state index in [0.29, 0.717) is 43.5 Å². The minimum atomic E-state index is -0.944. The fourth-order valence-corrected chi connectivity index (χ4v) is 3.63. The van der Waals surface area contributed by atoms with Crippen LogP contribution < -0.4 is 10.5 Å². The van der Waals surface area contributed by atoms with Crippen LogP contribution in [-0.2, 0) is 24.5 Å². The highest BCUT2D eigenvalue weighted by Crippen LogP contribution is 2.32. The minimum absolute atomic E-state index is 0.326. The van der Waals surface area contributed by atoms with E-state index >= 15 is 0 Å². The van der Waals surface area contributed by atoms with E-state index in [1.54, 1.807) is 13.8 Å². The van der Waals surface area contributed by atoms with Crippen LogP contribution in [0, 0.1) is 0 Å². The number of aliphatic hydroxyl groups is 1. The van der Waals surface area contributed by atoms with Crippen LogP contribution >= 0.6 is 0 Å². The maximum atomic E-state index is 10.5. The van der Waals surface area contributed by atoms with Gasteiger partial charge in [0.05, 0.1) is 23.2 Å². The fourth-order valence-electron chi connectivity index (χ4n) is 3.63. The van der Waals surface area contributed by atoms with Gasteiger partial charge in [0.1, 0.15) is 30.3 Å². The van der Waals surface area contributed by atoms with Crippen LogP contribution in [0.2, 0.25) is 0 Å². The van der Waals surface area contributed by atoms with Gasteiger partial charge in [0.2, 0.25) is 0 Å². The molecule has 0 amide bonds. The Morgan fingerprint density at radius 2 is 1.84 bits per heavy atom. The predicted octanol–water partition coefficient (Wildman–Crippen LogP) is 4.05. The van der Waals surface area contributed by atoms with Gasteiger partial charge in [-0.25, -0.2) is 9.97 Å². The molecule has 0 aliphatic rings. The molecule has 0 saturated carbocycles. The highest BCUT2D eigenvalue weighted by atomic mass is 16.5. The Bertz CT molecular complexity index is 1200. The molecule has 0 radical (unpaired) electrons. The SMILES string of the molecule is CCOCc1nc2c(N)nc3ccc(OCc4ccccc4)cc3c2n1CC(C)(C)O. The molecule has 0 unspecified atom stereocenters. The summed E-state index contributed by atoms with van der Waals surface area (Å²) in [4.78, 5) is 9.24. The molecule has 0 aliphatic heterocycles. The lowest BCUT2D eigenvalue weighted by Crippen LogP contribution is -2.27. The first-order chi connectivity index (χ1) is 14.9. The Balaban J connectivity index is 1.83. The number of imidazole rings is 1. The second kappa shape index (κ2) is 8.53. The van der Waals surface area contributed by atoms with E-state index in [4.69, 9.17) is 20.2 Å². The standard InChI is InChI=1S/C24H28N4O3/c1-4-30-14-20-27-21-22(28(20)15-24(2,3)29)18-12-17(10-11-19(18)26-23(21)25)31-13-16-8-6-5-7-9-16/h5-12,29H,4,13-15H2,1-3H3,(H2,25,26). The van der Waals surface area contributed by atoms with Crippen LogP contribution in [0.3, 0.4) is 0 Å². The van der Waals surface area contributed by atoms with Gasteiger partial charge < -0.3 is 24.9 Å². The Hall–Kier alpha value is -3.16. The number of ether oxygens (including phenoxy) is 2. The van der Waals surface area contributed by atoms with Gasteiger partial charge in [0.25, 0.3) is 0 Å². The summed E-state index contributed by atoms with van der Waals surface area (Å²) < 4.78 is 13.6. The second-order valence-electron chi connectivity index (χ2n) is 8.21. The summed E-state index contributed by atoms with van der Waals surface area (Å²) in [6.07, 6.45) is 0. The average molecular weight is 421 g/mol. The van der Waals surface area contributed by atoms with Crippen molar-refractivity contribution in [3.8, 4) is 5.75 Å². The number of hydrogen-bond donors (Lipinski definition) is 2. The van der Waals surface area contributed by atoms with E-state index in [1.165, 1.54) is 0 Å². The summed E-state index contributed by atoms with van der Waals surface area (Å²) in [7, 11) is 0. The van der Waals surface area contributed by atoms with Crippen molar-refractivity contribution < 1.29 is 14.6 Å². The smallest absolute Gasteiger partial charge is 0.152 e. The highest BCUT2D eigenvalue weighted by Gasteiger charge is 2.22. The first kappa shape index (κ1) is 21.1. The maximum absolute atomic E-state index is 10.5. The van der Waals surface area contributed by atoms with Crippen molar-refractivity contribution in [2.24, 2.45) is 0 Å². The second-order valence-corrected chi connectivity index (χ2v) is 8.21. The number of nitrogens with zero attached hydrogens (tertiary/aromatic N) is 3. The van der Waals surface area contributed by atoms with Gasteiger partial charge in [-0.1, -0.05) is 30.3 Å². The lowest BCUT2D eigenvalue weighted by atomic mass is 10.1. The number of hydrogen-bond acceptors (Lipinski definition) is 6. The van der Waals surface area contributed by atoms with Gasteiger partial charge in [-0.05, 0) is 44.5 Å². The molecular formula is C24H28N4O3. The van der Waals surface area contributed by atoms with Gasteiger partial charge in [0.15, 0.2) is 5.82 Å². The van der Waals surface area contributed by atoms with Crippen LogP contribution in [0.15, 0.2) is 48.5 Å². The van der Waals surface area contributed by atoms with Crippen molar-refractivity contribution in [1.82, 2.24) is 14.5 Å². The third-order valence-corrected chi connectivity index (χ3v) is 4.98. The zero-order valence-corrected chi connectivity index (χ0v) is 18.1. The van der Waals surface area contributed by atoms with E-state index < -0.39 is 5.60 Å². The fraction of sp³-hybridized carbons (Fsp3) is 0.333. The highest BCUT2D eigenvalue weighted by molar-refractivity contribution is 6.07. The first-order valence-electron chi connectivity index (χ1n) is 10.4. The molecule has 2 heterocycles. The summed E-state index contributed by atoms with van der Waals surface area (Å²) >= 11 is 0. The molecule has 7 heteroatoms. The van der Waals surface area contributed by atoms with E-state index in [-0.39, 0.29) is 0 Å². The summed E-state index contributed by atoms with van der Waals surface area (Å²) in [6, 6.07) is 15.8. The Morgan fingerprint density at radius 1 is 1.06 bits per heavy atom. The van der Waals surface area contributed by atoms with E-state index in [2.05, 4.69) is 4.98 Å². The number of benzene rings is 2. The molecule has 2 aromatic carbocycles. The number of rotatable bonds is 8. The molecule has 162 valence electrons. The van der Waals surface area contributed by atoms with Crippen molar-refractivity contribution in [3.63, 3.8) is 0 Å². The summed E-state index contributed by atoms with van der Waals surface area (Å²) in [6.45, 7) is 7.18. The average Bonchev–Trinajstić information content (AvgIpc) is 3.09. The Labute approximate surface area is 181 Å². The number of nitrogens with two attached hydrogens (primary N) is 1. The number of fused-ring (bicyclic) bond motifs is 3. The van der Waals surface area contributed by atoms with Crippen LogP contribution in [0.4, 0.5) is 5.82 Å². The molecule has 4 aromatic rings. The molecule has 3 N–H and O–H groups in total. The lowest BCUT2D eigenvalue weighted by Gasteiger charge is -2.20. The molecule has 0 atom stereocenters. The molecule has 0 spiro atoms. The number of pyridine rings is 1. The Kier molecular flexibility index (Phi) is 5.80. The number of aromatic nitrogens is 3. The molecule has 0 saturated heterocycles. The summed E-state index contributed by atoms with van der Waals surface area (Å²) in [5.74, 6) is 1.79. The molecular weight excluding hydrogens is 392 g/mol. The molecule has 0 fully saturated rings. The number of anilines is 1. The lowest BCUT2D eigenvalue weighted by molar-refractivity contribution is 0.0582. The molecule has 0 bridgehead atoms. The van der Waals surface area contributed by atoms with Crippen LogP contribution in [0.25, 0.3) is 21.9 Å². The zero-order chi connectivity index (χ0) is 22.0. The van der Waals surface area contributed by atoms with Crippen LogP contribution in [0.1, 0.15) is 32.2 Å². The first-order valence-corrected chi connectivity index (χ1v) is 10.4. The van der Waals surface area contributed by atoms with Gasteiger partial charge in [0, 0.05) is 12.0 Å². The molecule has 2 aromatic heterocycles. The van der Waals surface area contributed by atoms with Crippen molar-refractivity contribution >= 4 is 27.8 Å². The van der Waals surface area contributed by atoms with Crippen molar-refractivity contribution in [3.05, 3.63) is 59.9 Å². The van der Waals surface area contributed by atoms with Crippen molar-refractivity contribution in [2.45, 2.75) is 46.1 Å². The van der Waals surface area contributed by atoms with Gasteiger partial charge in [-0.15, -0.1) is 0 Å². The normalized spacial score (nSPS) is 12.0. The van der Waals surface area contributed by atoms with Crippen molar-refractivity contribution in [2.75, 3.05) is 12.3 Å². The van der Waals surface area contributed by atoms with Crippen LogP contribution in [-0.4, -0.2) is 31.8 Å². The predicted molar refractivity (Wildman–Crippen MR) is 122 cm³/mol. The summed E-state index contributed by atoms with van der Waals surface area (Å²) in [5, 5.41) is 11.4. The molecule has 31 heavy (non-hydrogen) atoms. The molecule has 4 rings (SSSR count). The van der Waals surface area contributed by atoms with Gasteiger partial charge in [-0.3, -0.25) is 0 Å². The third kappa shape index (κ3) is 4.62. The quantitative estimate of drug-likeness (QED) is 0.446. The third-order valence-electron chi connectivity index (χ3n) is 4.98. The van der Waals surface area contributed by atoms with Crippen molar-refractivity contribution in [1.29, 1.82) is 0 Å². The topological polar surface area (TPSA) is 95.4 Å². The van der Waals surface area contributed by atoms with Gasteiger partial charge in [-0.2, -0.15) is 0 Å². The maximum Gasteiger partial charge on any atom is 0.152 e. The van der Waals surface area contributed by atoms with E-state index in [0.717, 1.165) is 27.7 Å². The van der Waals surface area contributed by atoms with E-state index in [1.807, 2.05) is 60.0 Å². The van der Waals surface area contributed by atoms with Crippen LogP contribution in [0.5, 0.6) is 5.75 Å². The monoisotopic (exact) mass is 420 g/mol. The Morgan fingerprint density at radius 3 is 2.55 bits per heavy atom. The largest absolute Gasteiger partial charge is 0.489 e. The molecule has 7 nitrogen and oxygen atoms in total.